The van der Waals surface area contributed by atoms with Crippen LogP contribution in [0.3, 0.4) is 0 Å². The maximum atomic E-state index is 13.2. The predicted molar refractivity (Wildman–Crippen MR) is 88.5 cm³/mol. The fourth-order valence-electron chi connectivity index (χ4n) is 2.09. The van der Waals surface area contributed by atoms with Crippen molar-refractivity contribution in [2.75, 3.05) is 5.32 Å². The summed E-state index contributed by atoms with van der Waals surface area (Å²) in [6, 6.07) is 5.81. The second kappa shape index (κ2) is 6.99. The molecule has 0 amide bonds. The Morgan fingerprint density at radius 1 is 1.20 bits per heavy atom. The second-order valence-electron chi connectivity index (χ2n) is 5.61. The highest BCUT2D eigenvalue weighted by Crippen LogP contribution is 2.36. The van der Waals surface area contributed by atoms with Crippen LogP contribution in [0, 0.1) is 0 Å². The number of alkyl halides is 3. The molecule has 1 heterocycles. The zero-order valence-corrected chi connectivity index (χ0v) is 14.7. The highest BCUT2D eigenvalue weighted by atomic mass is 32.2. The number of aryl methyl sites for hydroxylation is 1. The molecule has 2 aromatic rings. The number of sulfone groups is 1. The van der Waals surface area contributed by atoms with Crippen molar-refractivity contribution in [2.24, 2.45) is 0 Å². The Bertz CT molecular complexity index is 865. The van der Waals surface area contributed by atoms with E-state index in [1.165, 1.54) is 38.1 Å². The molecular weight excluding hydrogens is 355 g/mol. The lowest BCUT2D eigenvalue weighted by molar-refractivity contribution is -0.137. The highest BCUT2D eigenvalue weighted by Gasteiger charge is 2.35. The van der Waals surface area contributed by atoms with Gasteiger partial charge in [0.15, 0.2) is 9.84 Å². The van der Waals surface area contributed by atoms with Crippen LogP contribution in [0.2, 0.25) is 0 Å². The Morgan fingerprint density at radius 3 is 2.40 bits per heavy atom. The first-order valence-corrected chi connectivity index (χ1v) is 9.15. The van der Waals surface area contributed by atoms with Crippen molar-refractivity contribution in [3.05, 3.63) is 41.9 Å². The van der Waals surface area contributed by atoms with Gasteiger partial charge >= 0.3 is 6.18 Å². The molecule has 136 valence electrons. The summed E-state index contributed by atoms with van der Waals surface area (Å²) in [5.41, 5.74) is -1.01. The summed E-state index contributed by atoms with van der Waals surface area (Å²) < 4.78 is 64.5. The van der Waals surface area contributed by atoms with E-state index in [0.717, 1.165) is 0 Å². The standard InChI is InChI=1S/C16H18F3N3O2S/c1-4-14-20-9-11(16(17,18)19)15(22-14)21-12-7-5-6-8-13(12)25(23,24)10(2)3/h5-10H,4H2,1-3H3,(H,20,21,22). The van der Waals surface area contributed by atoms with Gasteiger partial charge in [0.2, 0.25) is 0 Å². The number of benzene rings is 1. The normalized spacial score (nSPS) is 12.4. The topological polar surface area (TPSA) is 72.0 Å². The van der Waals surface area contributed by atoms with Gasteiger partial charge in [0.25, 0.3) is 0 Å². The van der Waals surface area contributed by atoms with Gasteiger partial charge < -0.3 is 5.32 Å². The summed E-state index contributed by atoms with van der Waals surface area (Å²) in [7, 11) is -3.68. The fourth-order valence-corrected chi connectivity index (χ4v) is 3.29. The van der Waals surface area contributed by atoms with E-state index in [9.17, 15) is 21.6 Å². The lowest BCUT2D eigenvalue weighted by Gasteiger charge is -2.17. The number of hydrogen-bond donors (Lipinski definition) is 1. The van der Waals surface area contributed by atoms with Gasteiger partial charge in [0, 0.05) is 12.6 Å². The molecule has 0 aliphatic heterocycles. The van der Waals surface area contributed by atoms with Gasteiger partial charge in [0.05, 0.1) is 15.8 Å². The molecule has 1 N–H and O–H groups in total. The molecule has 0 atom stereocenters. The van der Waals surface area contributed by atoms with Crippen LogP contribution >= 0.6 is 0 Å². The van der Waals surface area contributed by atoms with Gasteiger partial charge in [-0.25, -0.2) is 18.4 Å². The summed E-state index contributed by atoms with van der Waals surface area (Å²) in [6.45, 7) is 4.73. The third-order valence-corrected chi connectivity index (χ3v) is 5.74. The zero-order valence-electron chi connectivity index (χ0n) is 13.9. The van der Waals surface area contributed by atoms with E-state index in [1.807, 2.05) is 0 Å². The molecule has 1 aromatic carbocycles. The molecule has 0 unspecified atom stereocenters. The minimum Gasteiger partial charge on any atom is -0.339 e. The molecule has 9 heteroatoms. The lowest BCUT2D eigenvalue weighted by Crippen LogP contribution is -2.17. The van der Waals surface area contributed by atoms with Crippen LogP contribution in [0.25, 0.3) is 0 Å². The van der Waals surface area contributed by atoms with Crippen LogP contribution in [0.4, 0.5) is 24.7 Å². The van der Waals surface area contributed by atoms with Crippen LogP contribution in [0.15, 0.2) is 35.4 Å². The first-order chi connectivity index (χ1) is 11.6. The van der Waals surface area contributed by atoms with E-state index in [0.29, 0.717) is 12.6 Å². The van der Waals surface area contributed by atoms with E-state index < -0.39 is 32.6 Å². The van der Waals surface area contributed by atoms with Gasteiger partial charge in [-0.3, -0.25) is 0 Å². The molecule has 25 heavy (non-hydrogen) atoms. The largest absolute Gasteiger partial charge is 0.421 e. The Kier molecular flexibility index (Phi) is 5.36. The van der Waals surface area contributed by atoms with E-state index in [-0.39, 0.29) is 16.4 Å². The van der Waals surface area contributed by atoms with Crippen molar-refractivity contribution >= 4 is 21.3 Å². The highest BCUT2D eigenvalue weighted by molar-refractivity contribution is 7.92. The Morgan fingerprint density at radius 2 is 1.84 bits per heavy atom. The number of rotatable bonds is 5. The molecule has 0 saturated carbocycles. The Hall–Kier alpha value is -2.16. The van der Waals surface area contributed by atoms with Crippen LogP contribution in [-0.4, -0.2) is 23.6 Å². The maximum absolute atomic E-state index is 13.2. The van der Waals surface area contributed by atoms with Crippen LogP contribution in [0.5, 0.6) is 0 Å². The number of halogens is 3. The van der Waals surface area contributed by atoms with Crippen molar-refractivity contribution in [1.29, 1.82) is 0 Å². The lowest BCUT2D eigenvalue weighted by atomic mass is 10.2. The molecule has 0 radical (unpaired) electrons. The Labute approximate surface area is 144 Å². The van der Waals surface area contributed by atoms with Gasteiger partial charge in [0.1, 0.15) is 17.2 Å². The van der Waals surface area contributed by atoms with E-state index >= 15 is 0 Å². The third-order valence-electron chi connectivity index (χ3n) is 3.53. The number of aromatic nitrogens is 2. The number of nitrogens with one attached hydrogen (secondary N) is 1. The van der Waals surface area contributed by atoms with Gasteiger partial charge in [-0.05, 0) is 26.0 Å². The molecular formula is C16H18F3N3O2S. The molecule has 0 aliphatic rings. The fraction of sp³-hybridized carbons (Fsp3) is 0.375. The Balaban J connectivity index is 2.58. The number of nitrogens with zero attached hydrogens (tertiary/aromatic N) is 2. The van der Waals surface area contributed by atoms with E-state index in [4.69, 9.17) is 0 Å². The minimum atomic E-state index is -4.67. The van der Waals surface area contributed by atoms with E-state index in [1.54, 1.807) is 6.92 Å². The van der Waals surface area contributed by atoms with Crippen molar-refractivity contribution in [3.8, 4) is 0 Å². The van der Waals surface area contributed by atoms with Crippen molar-refractivity contribution in [2.45, 2.75) is 43.5 Å². The zero-order chi connectivity index (χ0) is 18.8. The molecule has 2 rings (SSSR count). The number of hydrogen-bond acceptors (Lipinski definition) is 5. The summed E-state index contributed by atoms with van der Waals surface area (Å²) in [6.07, 6.45) is -3.62. The minimum absolute atomic E-state index is 0.0439. The van der Waals surface area contributed by atoms with Crippen LogP contribution in [-0.2, 0) is 22.4 Å². The molecule has 0 aliphatic carbocycles. The molecule has 0 fully saturated rings. The van der Waals surface area contributed by atoms with Gasteiger partial charge in [-0.1, -0.05) is 19.1 Å². The SMILES string of the molecule is CCc1ncc(C(F)(F)F)c(Nc2ccccc2S(=O)(=O)C(C)C)n1. The first-order valence-electron chi connectivity index (χ1n) is 7.60. The summed E-state index contributed by atoms with van der Waals surface area (Å²) >= 11 is 0. The summed E-state index contributed by atoms with van der Waals surface area (Å²) in [4.78, 5) is 7.49. The van der Waals surface area contributed by atoms with E-state index in [2.05, 4.69) is 15.3 Å². The number of para-hydroxylation sites is 1. The smallest absolute Gasteiger partial charge is 0.339 e. The molecule has 0 saturated heterocycles. The monoisotopic (exact) mass is 373 g/mol. The van der Waals surface area contributed by atoms with Gasteiger partial charge in [-0.15, -0.1) is 0 Å². The first kappa shape index (κ1) is 19.2. The quantitative estimate of drug-likeness (QED) is 0.858. The van der Waals surface area contributed by atoms with Crippen molar-refractivity contribution in [1.82, 2.24) is 9.97 Å². The maximum Gasteiger partial charge on any atom is 0.421 e. The third kappa shape index (κ3) is 4.09. The number of anilines is 2. The van der Waals surface area contributed by atoms with Crippen molar-refractivity contribution < 1.29 is 21.6 Å². The predicted octanol–water partition coefficient (Wildman–Crippen LogP) is 3.98. The molecule has 0 bridgehead atoms. The molecule has 5 nitrogen and oxygen atoms in total. The van der Waals surface area contributed by atoms with Gasteiger partial charge in [-0.2, -0.15) is 13.2 Å². The van der Waals surface area contributed by atoms with Crippen molar-refractivity contribution in [3.63, 3.8) is 0 Å². The summed E-state index contributed by atoms with van der Waals surface area (Å²) in [5, 5.41) is 1.82. The molecule has 1 aromatic heterocycles. The molecule has 0 spiro atoms. The van der Waals surface area contributed by atoms with Crippen LogP contribution in [0.1, 0.15) is 32.2 Å². The van der Waals surface area contributed by atoms with Crippen LogP contribution < -0.4 is 5.32 Å². The summed E-state index contributed by atoms with van der Waals surface area (Å²) in [5.74, 6) is -0.245. The second-order valence-corrected chi connectivity index (χ2v) is 8.09. The average molecular weight is 373 g/mol. The average Bonchev–Trinajstić information content (AvgIpc) is 2.53.